The van der Waals surface area contributed by atoms with Crippen LogP contribution in [-0.4, -0.2) is 30.6 Å². The molecule has 1 aliphatic rings. The molecule has 0 N–H and O–H groups in total. The molecular weight excluding hydrogens is 134 g/mol. The van der Waals surface area contributed by atoms with Gasteiger partial charge in [-0.15, -0.1) is 0 Å². The van der Waals surface area contributed by atoms with Gasteiger partial charge in [0, 0.05) is 13.0 Å². The summed E-state index contributed by atoms with van der Waals surface area (Å²) >= 11 is 0. The summed E-state index contributed by atoms with van der Waals surface area (Å²) < 4.78 is 4.41. The van der Waals surface area contributed by atoms with E-state index < -0.39 is 0 Å². The van der Waals surface area contributed by atoms with E-state index in [4.69, 9.17) is 0 Å². The molecule has 0 aliphatic carbocycles. The Morgan fingerprint density at radius 2 is 2.50 bits per heavy atom. The Morgan fingerprint density at radius 3 is 3.00 bits per heavy atom. The van der Waals surface area contributed by atoms with Gasteiger partial charge in [0.25, 0.3) is 6.47 Å². The number of rotatable bonds is 3. The first-order valence-electron chi connectivity index (χ1n) is 3.17. The third-order valence-corrected chi connectivity index (χ3v) is 1.47. The minimum atomic E-state index is 0.0712. The van der Waals surface area contributed by atoms with Crippen molar-refractivity contribution >= 4 is 12.4 Å². The summed E-state index contributed by atoms with van der Waals surface area (Å²) in [6, 6.07) is 0. The van der Waals surface area contributed by atoms with E-state index in [0.29, 0.717) is 19.4 Å². The number of carbonyl (C=O) groups is 2. The van der Waals surface area contributed by atoms with E-state index in [-0.39, 0.29) is 12.6 Å². The fraction of sp³-hybridized carbons (Fsp3) is 0.667. The monoisotopic (exact) mass is 143 g/mol. The van der Waals surface area contributed by atoms with Crippen molar-refractivity contribution in [1.29, 1.82) is 0 Å². The highest BCUT2D eigenvalue weighted by molar-refractivity contribution is 5.77. The van der Waals surface area contributed by atoms with Gasteiger partial charge in [-0.2, -0.15) is 0 Å². The molecule has 0 aromatic carbocycles. The number of hydrogen-bond donors (Lipinski definition) is 0. The molecule has 0 bridgehead atoms. The normalized spacial score (nSPS) is 17.6. The molecule has 1 fully saturated rings. The van der Waals surface area contributed by atoms with Crippen molar-refractivity contribution in [3.8, 4) is 0 Å². The number of hydrogen-bond acceptors (Lipinski definition) is 3. The zero-order valence-electron chi connectivity index (χ0n) is 5.58. The van der Waals surface area contributed by atoms with Gasteiger partial charge in [-0.05, 0) is 6.42 Å². The summed E-state index contributed by atoms with van der Waals surface area (Å²) in [5.74, 6) is 0.0712. The highest BCUT2D eigenvalue weighted by atomic mass is 16.5. The molecule has 0 unspecified atom stereocenters. The maximum atomic E-state index is 10.8. The fourth-order valence-corrected chi connectivity index (χ4v) is 0.961. The molecule has 10 heavy (non-hydrogen) atoms. The zero-order chi connectivity index (χ0) is 7.40. The van der Waals surface area contributed by atoms with E-state index in [2.05, 4.69) is 4.74 Å². The first-order valence-corrected chi connectivity index (χ1v) is 3.17. The lowest BCUT2D eigenvalue weighted by atomic mass is 10.4. The summed E-state index contributed by atoms with van der Waals surface area (Å²) in [5, 5.41) is 0. The maximum absolute atomic E-state index is 10.8. The number of ether oxygens (including phenoxy) is 1. The molecule has 4 nitrogen and oxygen atoms in total. The molecule has 1 heterocycles. The minimum absolute atomic E-state index is 0.0712. The molecule has 1 rings (SSSR count). The van der Waals surface area contributed by atoms with E-state index in [9.17, 15) is 9.59 Å². The molecule has 0 radical (unpaired) electrons. The SMILES string of the molecule is O=COCN1CCCC1=O. The van der Waals surface area contributed by atoms with Crippen LogP contribution in [0, 0.1) is 0 Å². The minimum Gasteiger partial charge on any atom is -0.446 e. The molecule has 0 saturated carbocycles. The second kappa shape index (κ2) is 3.20. The molecule has 0 aromatic heterocycles. The summed E-state index contributed by atoms with van der Waals surface area (Å²) in [4.78, 5) is 22.0. The lowest BCUT2D eigenvalue weighted by molar-refractivity contribution is -0.140. The van der Waals surface area contributed by atoms with Crippen LogP contribution in [0.1, 0.15) is 12.8 Å². The van der Waals surface area contributed by atoms with E-state index in [1.165, 1.54) is 4.90 Å². The molecule has 0 spiro atoms. The molecule has 0 aromatic rings. The van der Waals surface area contributed by atoms with Gasteiger partial charge in [-0.3, -0.25) is 9.59 Å². The van der Waals surface area contributed by atoms with E-state index in [1.807, 2.05) is 0 Å². The largest absolute Gasteiger partial charge is 0.446 e. The third kappa shape index (κ3) is 1.46. The standard InChI is InChI=1S/C6H9NO3/c8-5-10-4-7-3-1-2-6(7)9/h5H,1-4H2. The molecule has 56 valence electrons. The molecule has 1 saturated heterocycles. The summed E-state index contributed by atoms with van der Waals surface area (Å²) in [6.45, 7) is 1.18. The van der Waals surface area contributed by atoms with Crippen LogP contribution in [0.5, 0.6) is 0 Å². The molecule has 1 amide bonds. The van der Waals surface area contributed by atoms with E-state index >= 15 is 0 Å². The van der Waals surface area contributed by atoms with E-state index in [1.54, 1.807) is 0 Å². The Morgan fingerprint density at radius 1 is 1.70 bits per heavy atom. The van der Waals surface area contributed by atoms with Crippen molar-refractivity contribution in [3.63, 3.8) is 0 Å². The lowest BCUT2D eigenvalue weighted by Crippen LogP contribution is -2.26. The van der Waals surface area contributed by atoms with Crippen LogP contribution in [0.2, 0.25) is 0 Å². The van der Waals surface area contributed by atoms with Crippen molar-refractivity contribution in [1.82, 2.24) is 4.90 Å². The van der Waals surface area contributed by atoms with Gasteiger partial charge in [0.15, 0.2) is 6.73 Å². The Bertz CT molecular complexity index is 146. The average Bonchev–Trinajstić information content (AvgIpc) is 2.31. The van der Waals surface area contributed by atoms with E-state index in [0.717, 1.165) is 6.42 Å². The van der Waals surface area contributed by atoms with Gasteiger partial charge in [0.05, 0.1) is 0 Å². The third-order valence-electron chi connectivity index (χ3n) is 1.47. The Hall–Kier alpha value is -1.06. The predicted octanol–water partition coefficient (Wildman–Crippen LogP) is -0.261. The highest BCUT2D eigenvalue weighted by Crippen LogP contribution is 2.07. The van der Waals surface area contributed by atoms with Crippen LogP contribution in [0.15, 0.2) is 0 Å². The van der Waals surface area contributed by atoms with Gasteiger partial charge in [0.1, 0.15) is 0 Å². The Labute approximate surface area is 58.8 Å². The molecular formula is C6H9NO3. The fourth-order valence-electron chi connectivity index (χ4n) is 0.961. The molecule has 0 atom stereocenters. The van der Waals surface area contributed by atoms with Gasteiger partial charge in [-0.25, -0.2) is 0 Å². The van der Waals surface area contributed by atoms with Gasteiger partial charge in [-0.1, -0.05) is 0 Å². The molecule has 4 heteroatoms. The Balaban J connectivity index is 2.26. The van der Waals surface area contributed by atoms with Crippen LogP contribution in [0.4, 0.5) is 0 Å². The molecule has 1 aliphatic heterocycles. The number of amides is 1. The first-order chi connectivity index (χ1) is 4.84. The predicted molar refractivity (Wildman–Crippen MR) is 33.0 cm³/mol. The number of carbonyl (C=O) groups excluding carboxylic acids is 2. The van der Waals surface area contributed by atoms with Crippen LogP contribution in [-0.2, 0) is 14.3 Å². The summed E-state index contributed by atoms with van der Waals surface area (Å²) in [7, 11) is 0. The van der Waals surface area contributed by atoms with Gasteiger partial charge in [0.2, 0.25) is 5.91 Å². The summed E-state index contributed by atoms with van der Waals surface area (Å²) in [5.41, 5.74) is 0. The van der Waals surface area contributed by atoms with Gasteiger partial charge >= 0.3 is 0 Å². The topological polar surface area (TPSA) is 46.6 Å². The maximum Gasteiger partial charge on any atom is 0.294 e. The highest BCUT2D eigenvalue weighted by Gasteiger charge is 2.19. The first kappa shape index (κ1) is 7.05. The van der Waals surface area contributed by atoms with Crippen LogP contribution < -0.4 is 0 Å². The second-order valence-corrected chi connectivity index (χ2v) is 2.15. The quantitative estimate of drug-likeness (QED) is 0.511. The van der Waals surface area contributed by atoms with Crippen LogP contribution >= 0.6 is 0 Å². The van der Waals surface area contributed by atoms with Crippen LogP contribution in [0.25, 0.3) is 0 Å². The number of nitrogens with zero attached hydrogens (tertiary/aromatic N) is 1. The van der Waals surface area contributed by atoms with Gasteiger partial charge < -0.3 is 9.64 Å². The van der Waals surface area contributed by atoms with Crippen molar-refractivity contribution < 1.29 is 14.3 Å². The lowest BCUT2D eigenvalue weighted by Gasteiger charge is -2.12. The zero-order valence-corrected chi connectivity index (χ0v) is 5.58. The summed E-state index contributed by atoms with van der Waals surface area (Å²) in [6.07, 6.45) is 1.46. The van der Waals surface area contributed by atoms with Crippen LogP contribution in [0.3, 0.4) is 0 Å². The van der Waals surface area contributed by atoms with Crippen molar-refractivity contribution in [3.05, 3.63) is 0 Å². The van der Waals surface area contributed by atoms with Crippen molar-refractivity contribution in [2.45, 2.75) is 12.8 Å². The second-order valence-electron chi connectivity index (χ2n) is 2.15. The van der Waals surface area contributed by atoms with Crippen molar-refractivity contribution in [2.24, 2.45) is 0 Å². The van der Waals surface area contributed by atoms with Crippen molar-refractivity contribution in [2.75, 3.05) is 13.3 Å². The Kier molecular flexibility index (Phi) is 2.25. The smallest absolute Gasteiger partial charge is 0.294 e. The average molecular weight is 143 g/mol. The number of likely N-dealkylation sites (tertiary alicyclic amines) is 1.